The fourth-order valence-corrected chi connectivity index (χ4v) is 4.72. The summed E-state index contributed by atoms with van der Waals surface area (Å²) in [7, 11) is 0. The molecule has 1 atom stereocenters. The quantitative estimate of drug-likeness (QED) is 0.661. The van der Waals surface area contributed by atoms with E-state index in [1.54, 1.807) is 6.07 Å². The lowest BCUT2D eigenvalue weighted by Crippen LogP contribution is -2.39. The van der Waals surface area contributed by atoms with Gasteiger partial charge in [0.2, 0.25) is 5.91 Å². The van der Waals surface area contributed by atoms with E-state index < -0.39 is 17.6 Å². The van der Waals surface area contributed by atoms with E-state index in [1.165, 1.54) is 11.3 Å². The number of ether oxygens (including phenoxy) is 1. The average Bonchev–Trinajstić information content (AvgIpc) is 3.31. The number of hydrogen-bond donors (Lipinski definition) is 1. The minimum Gasteiger partial charge on any atom is -0.488 e. The normalized spacial score (nSPS) is 16.7. The summed E-state index contributed by atoms with van der Waals surface area (Å²) in [5, 5.41) is 12.3. The highest BCUT2D eigenvalue weighted by molar-refractivity contribution is 7.17. The molecule has 4 rings (SSSR count). The molecule has 1 aromatic carbocycles. The van der Waals surface area contributed by atoms with Crippen LogP contribution in [0.25, 0.3) is 10.4 Å². The van der Waals surface area contributed by atoms with Gasteiger partial charge in [0.25, 0.3) is 0 Å². The Balaban J connectivity index is 1.58. The summed E-state index contributed by atoms with van der Waals surface area (Å²) in [5.74, 6) is -1.42. The summed E-state index contributed by atoms with van der Waals surface area (Å²) in [5.41, 5.74) is 1.87. The highest BCUT2D eigenvalue weighted by Crippen LogP contribution is 2.42. The number of hydrogen-bond acceptors (Lipinski definition) is 5. The van der Waals surface area contributed by atoms with Gasteiger partial charge >= 0.3 is 0 Å². The van der Waals surface area contributed by atoms with Crippen LogP contribution >= 0.6 is 11.3 Å². The molecule has 26 heavy (non-hydrogen) atoms. The second-order valence-corrected chi connectivity index (χ2v) is 7.72. The fraction of sp³-hybridized carbons (Fsp3) is 0.350. The number of nitrogens with one attached hydrogen (secondary N) is 1. The lowest BCUT2D eigenvalue weighted by atomic mass is 10.0. The van der Waals surface area contributed by atoms with Gasteiger partial charge in [0.1, 0.15) is 12.4 Å². The van der Waals surface area contributed by atoms with Crippen molar-refractivity contribution >= 4 is 23.0 Å². The smallest absolute Gasteiger partial charge is 0.245 e. The molecule has 1 saturated carbocycles. The Morgan fingerprint density at radius 3 is 2.81 bits per heavy atom. The van der Waals surface area contributed by atoms with Crippen LogP contribution in [0.3, 0.4) is 0 Å². The van der Waals surface area contributed by atoms with Crippen LogP contribution < -0.4 is 10.1 Å². The van der Waals surface area contributed by atoms with Crippen LogP contribution in [0, 0.1) is 17.2 Å². The first-order valence-corrected chi connectivity index (χ1v) is 9.58. The van der Waals surface area contributed by atoms with Gasteiger partial charge in [-0.1, -0.05) is 25.0 Å². The monoisotopic (exact) mass is 366 g/mol. The molecule has 1 unspecified atom stereocenters. The highest BCUT2D eigenvalue weighted by atomic mass is 32.1. The molecule has 0 bridgehead atoms. The van der Waals surface area contributed by atoms with Crippen LogP contribution in [-0.4, -0.2) is 17.7 Å². The summed E-state index contributed by atoms with van der Waals surface area (Å²) >= 11 is 1.33. The zero-order chi connectivity index (χ0) is 18.1. The van der Waals surface area contributed by atoms with Gasteiger partial charge in [-0.05, 0) is 31.0 Å². The minimum atomic E-state index is -1.30. The first-order valence-electron chi connectivity index (χ1n) is 8.76. The van der Waals surface area contributed by atoms with Gasteiger partial charge in [-0.2, -0.15) is 5.26 Å². The maximum atomic E-state index is 12.8. The number of fused-ring (bicyclic) bond motifs is 3. The van der Waals surface area contributed by atoms with Crippen LogP contribution in [0.15, 0.2) is 30.3 Å². The van der Waals surface area contributed by atoms with Crippen molar-refractivity contribution in [3.05, 3.63) is 40.8 Å². The maximum absolute atomic E-state index is 12.8. The van der Waals surface area contributed by atoms with E-state index >= 15 is 0 Å². The van der Waals surface area contributed by atoms with Crippen molar-refractivity contribution in [2.75, 3.05) is 0 Å². The second-order valence-electron chi connectivity index (χ2n) is 6.67. The van der Waals surface area contributed by atoms with Crippen molar-refractivity contribution in [1.29, 1.82) is 5.26 Å². The number of nitriles is 1. The molecule has 1 aliphatic heterocycles. The molecule has 1 N–H and O–H groups in total. The number of thiophene rings is 1. The second kappa shape index (κ2) is 6.93. The number of Topliss-reactive ketones (excluding diaryl/α,β-unsaturated/α-hetero) is 1. The Bertz CT molecular complexity index is 906. The summed E-state index contributed by atoms with van der Waals surface area (Å²) in [6.45, 7) is 0.390. The summed E-state index contributed by atoms with van der Waals surface area (Å²) in [6.07, 6.45) is 3.99. The van der Waals surface area contributed by atoms with Crippen LogP contribution in [0.4, 0.5) is 0 Å². The Hall–Kier alpha value is -2.65. The predicted molar refractivity (Wildman–Crippen MR) is 97.9 cm³/mol. The number of amides is 1. The summed E-state index contributed by atoms with van der Waals surface area (Å²) < 4.78 is 5.72. The molecule has 1 fully saturated rings. The third-order valence-corrected chi connectivity index (χ3v) is 6.15. The number of ketones is 1. The molecule has 1 amide bonds. The zero-order valence-corrected chi connectivity index (χ0v) is 15.0. The largest absolute Gasteiger partial charge is 0.488 e. The first-order chi connectivity index (χ1) is 12.7. The van der Waals surface area contributed by atoms with E-state index in [-0.39, 0.29) is 6.04 Å². The maximum Gasteiger partial charge on any atom is 0.245 e. The first kappa shape index (κ1) is 16.8. The van der Waals surface area contributed by atoms with E-state index in [1.807, 2.05) is 30.3 Å². The Morgan fingerprint density at radius 2 is 2.04 bits per heavy atom. The Labute approximate surface area is 155 Å². The molecule has 0 radical (unpaired) electrons. The fourth-order valence-electron chi connectivity index (χ4n) is 3.55. The van der Waals surface area contributed by atoms with Crippen molar-refractivity contribution in [1.82, 2.24) is 5.32 Å². The molecule has 2 aliphatic rings. The third-order valence-electron chi connectivity index (χ3n) is 4.92. The number of carbonyl (C=O) groups excluding carboxylic acids is 2. The Kier molecular flexibility index (Phi) is 4.48. The molecular weight excluding hydrogens is 348 g/mol. The minimum absolute atomic E-state index is 0.0861. The van der Waals surface area contributed by atoms with Crippen LogP contribution in [0.1, 0.15) is 40.9 Å². The number of benzene rings is 1. The van der Waals surface area contributed by atoms with E-state index in [0.29, 0.717) is 11.5 Å². The molecule has 0 spiro atoms. The SMILES string of the molecule is N#CC(C(=O)NC1CCCC1)C(=O)c1cc2c(s1)-c1ccccc1OC2. The van der Waals surface area contributed by atoms with Crippen molar-refractivity contribution in [3.63, 3.8) is 0 Å². The van der Waals surface area contributed by atoms with Gasteiger partial charge in [-0.25, -0.2) is 0 Å². The number of rotatable bonds is 4. The molecule has 6 heteroatoms. The van der Waals surface area contributed by atoms with Gasteiger partial charge in [0, 0.05) is 22.0 Å². The summed E-state index contributed by atoms with van der Waals surface area (Å²) in [6, 6.07) is 11.4. The van der Waals surface area contributed by atoms with Crippen molar-refractivity contribution in [2.24, 2.45) is 5.92 Å². The number of nitrogens with zero attached hydrogens (tertiary/aromatic N) is 1. The molecule has 2 aromatic rings. The highest BCUT2D eigenvalue weighted by Gasteiger charge is 2.32. The van der Waals surface area contributed by atoms with Crippen LogP contribution in [-0.2, 0) is 11.4 Å². The lowest BCUT2D eigenvalue weighted by molar-refractivity contribution is -0.122. The lowest BCUT2D eigenvalue weighted by Gasteiger charge is -2.16. The standard InChI is InChI=1S/C20H18N2O3S/c21-10-15(20(24)22-13-5-1-2-6-13)18(23)17-9-12-11-25-16-8-4-3-7-14(16)19(12)26-17/h3-4,7-9,13,15H,1-2,5-6,11H2,(H,22,24). The van der Waals surface area contributed by atoms with E-state index in [0.717, 1.165) is 47.4 Å². The molecular formula is C20H18N2O3S. The molecule has 1 aromatic heterocycles. The van der Waals surface area contributed by atoms with E-state index in [2.05, 4.69) is 5.32 Å². The third kappa shape index (κ3) is 2.99. The van der Waals surface area contributed by atoms with Crippen LogP contribution in [0.5, 0.6) is 5.75 Å². The van der Waals surface area contributed by atoms with Gasteiger partial charge < -0.3 is 10.1 Å². The molecule has 2 heterocycles. The average molecular weight is 366 g/mol. The predicted octanol–water partition coefficient (Wildman–Crippen LogP) is 3.69. The van der Waals surface area contributed by atoms with E-state index in [9.17, 15) is 14.9 Å². The van der Waals surface area contributed by atoms with Gasteiger partial charge in [0.05, 0.1) is 10.9 Å². The van der Waals surface area contributed by atoms with Gasteiger partial charge in [-0.15, -0.1) is 11.3 Å². The molecule has 1 aliphatic carbocycles. The Morgan fingerprint density at radius 1 is 1.27 bits per heavy atom. The van der Waals surface area contributed by atoms with Gasteiger partial charge in [-0.3, -0.25) is 9.59 Å². The van der Waals surface area contributed by atoms with Crippen molar-refractivity contribution < 1.29 is 14.3 Å². The number of para-hydroxylation sites is 1. The van der Waals surface area contributed by atoms with Crippen molar-refractivity contribution in [2.45, 2.75) is 38.3 Å². The topological polar surface area (TPSA) is 79.2 Å². The zero-order valence-electron chi connectivity index (χ0n) is 14.2. The van der Waals surface area contributed by atoms with E-state index in [4.69, 9.17) is 4.74 Å². The molecule has 5 nitrogen and oxygen atoms in total. The van der Waals surface area contributed by atoms with Gasteiger partial charge in [0.15, 0.2) is 11.7 Å². The molecule has 132 valence electrons. The number of carbonyl (C=O) groups is 2. The van der Waals surface area contributed by atoms with Crippen LogP contribution in [0.2, 0.25) is 0 Å². The summed E-state index contributed by atoms with van der Waals surface area (Å²) in [4.78, 5) is 26.6. The molecule has 0 saturated heterocycles. The van der Waals surface area contributed by atoms with Crippen molar-refractivity contribution in [3.8, 4) is 22.3 Å².